The van der Waals surface area contributed by atoms with Gasteiger partial charge in [0.25, 0.3) is 0 Å². The smallest absolute Gasteiger partial charge is 0.0357 e. The molecule has 0 atom stereocenters. The van der Waals surface area contributed by atoms with E-state index in [0.29, 0.717) is 0 Å². The second-order valence-electron chi connectivity index (χ2n) is 6.84. The molecule has 4 aromatic rings. The molecule has 132 valence electrons. The SMILES string of the molecule is Cc1ccc2c(C#Cc3ccccc3)c(C)ccc2c1C#Cc1ccccc1. The summed E-state index contributed by atoms with van der Waals surface area (Å²) in [4.78, 5) is 0. The zero-order valence-corrected chi connectivity index (χ0v) is 16.1. The summed E-state index contributed by atoms with van der Waals surface area (Å²) in [7, 11) is 0. The quantitative estimate of drug-likeness (QED) is 0.326. The van der Waals surface area contributed by atoms with Gasteiger partial charge in [-0.1, -0.05) is 84.3 Å². The van der Waals surface area contributed by atoms with Crippen molar-refractivity contribution in [3.8, 4) is 23.7 Å². The van der Waals surface area contributed by atoms with E-state index in [1.165, 1.54) is 11.1 Å². The Hall–Kier alpha value is -3.74. The van der Waals surface area contributed by atoms with Gasteiger partial charge in [0.2, 0.25) is 0 Å². The first-order valence-corrected chi connectivity index (χ1v) is 9.39. The second kappa shape index (κ2) is 7.87. The molecule has 4 aromatic carbocycles. The summed E-state index contributed by atoms with van der Waals surface area (Å²) in [5, 5.41) is 2.32. The van der Waals surface area contributed by atoms with Crippen molar-refractivity contribution in [2.75, 3.05) is 0 Å². The van der Waals surface area contributed by atoms with Gasteiger partial charge in [-0.05, 0) is 60.0 Å². The predicted octanol–water partition coefficient (Wildman–Crippen LogP) is 6.26. The Labute approximate surface area is 166 Å². The van der Waals surface area contributed by atoms with Gasteiger partial charge >= 0.3 is 0 Å². The molecule has 0 aromatic heterocycles. The van der Waals surface area contributed by atoms with Crippen molar-refractivity contribution in [2.24, 2.45) is 0 Å². The molecular weight excluding hydrogens is 336 g/mol. The minimum absolute atomic E-state index is 1.02. The monoisotopic (exact) mass is 356 g/mol. The molecule has 0 aliphatic carbocycles. The maximum absolute atomic E-state index is 3.39. The molecule has 0 spiro atoms. The van der Waals surface area contributed by atoms with E-state index in [9.17, 15) is 0 Å². The summed E-state index contributed by atoms with van der Waals surface area (Å²) in [6, 6.07) is 28.8. The Morgan fingerprint density at radius 2 is 0.821 bits per heavy atom. The van der Waals surface area contributed by atoms with Crippen molar-refractivity contribution in [3.05, 3.63) is 118 Å². The maximum atomic E-state index is 3.39. The van der Waals surface area contributed by atoms with Gasteiger partial charge in [0, 0.05) is 22.3 Å². The highest BCUT2D eigenvalue weighted by Gasteiger charge is 2.08. The van der Waals surface area contributed by atoms with Crippen LogP contribution in [0.3, 0.4) is 0 Å². The standard InChI is InChI=1S/C28H20/c1-21-13-17-28-26(20-16-24-11-7-4-8-12-24)22(2)14-18-27(28)25(21)19-15-23-9-5-3-6-10-23/h3-14,17-18H,1-2H3. The van der Waals surface area contributed by atoms with Gasteiger partial charge in [-0.15, -0.1) is 0 Å². The third kappa shape index (κ3) is 3.68. The highest BCUT2D eigenvalue weighted by molar-refractivity contribution is 5.94. The fourth-order valence-corrected chi connectivity index (χ4v) is 3.27. The minimum Gasteiger partial charge on any atom is -0.0622 e. The van der Waals surface area contributed by atoms with Crippen molar-refractivity contribution in [2.45, 2.75) is 13.8 Å². The van der Waals surface area contributed by atoms with E-state index in [1.807, 2.05) is 60.7 Å². The highest BCUT2D eigenvalue weighted by atomic mass is 14.1. The van der Waals surface area contributed by atoms with Gasteiger partial charge in [0.05, 0.1) is 0 Å². The Morgan fingerprint density at radius 1 is 0.429 bits per heavy atom. The van der Waals surface area contributed by atoms with Gasteiger partial charge in [-0.25, -0.2) is 0 Å². The molecule has 0 unspecified atom stereocenters. The zero-order valence-electron chi connectivity index (χ0n) is 16.1. The number of hydrogen-bond donors (Lipinski definition) is 0. The average molecular weight is 356 g/mol. The van der Waals surface area contributed by atoms with Crippen LogP contribution in [-0.4, -0.2) is 0 Å². The van der Waals surface area contributed by atoms with E-state index >= 15 is 0 Å². The van der Waals surface area contributed by atoms with Gasteiger partial charge in [0.1, 0.15) is 0 Å². The fraction of sp³-hybridized carbons (Fsp3) is 0.0714. The average Bonchev–Trinajstić information content (AvgIpc) is 2.74. The summed E-state index contributed by atoms with van der Waals surface area (Å²) in [6.07, 6.45) is 0. The lowest BCUT2D eigenvalue weighted by Gasteiger charge is -2.09. The Balaban J connectivity index is 1.87. The molecule has 0 bridgehead atoms. The summed E-state index contributed by atoms with van der Waals surface area (Å²) in [6.45, 7) is 4.23. The maximum Gasteiger partial charge on any atom is 0.0357 e. The van der Waals surface area contributed by atoms with Gasteiger partial charge < -0.3 is 0 Å². The minimum atomic E-state index is 1.02. The summed E-state index contributed by atoms with van der Waals surface area (Å²) in [5.74, 6) is 13.4. The van der Waals surface area contributed by atoms with Crippen molar-refractivity contribution in [3.63, 3.8) is 0 Å². The highest BCUT2D eigenvalue weighted by Crippen LogP contribution is 2.27. The fourth-order valence-electron chi connectivity index (χ4n) is 3.27. The summed E-state index contributed by atoms with van der Waals surface area (Å²) >= 11 is 0. The summed E-state index contributed by atoms with van der Waals surface area (Å²) < 4.78 is 0. The van der Waals surface area contributed by atoms with E-state index in [4.69, 9.17) is 0 Å². The molecule has 0 heteroatoms. The van der Waals surface area contributed by atoms with E-state index < -0.39 is 0 Å². The Morgan fingerprint density at radius 3 is 1.21 bits per heavy atom. The molecule has 4 rings (SSSR count). The van der Waals surface area contributed by atoms with Crippen LogP contribution in [0, 0.1) is 37.5 Å². The largest absolute Gasteiger partial charge is 0.0622 e. The van der Waals surface area contributed by atoms with E-state index in [1.54, 1.807) is 0 Å². The first-order valence-electron chi connectivity index (χ1n) is 9.39. The summed E-state index contributed by atoms with van der Waals surface area (Å²) in [5.41, 5.74) is 6.56. The van der Waals surface area contributed by atoms with E-state index in [0.717, 1.165) is 33.0 Å². The van der Waals surface area contributed by atoms with E-state index in [2.05, 4.69) is 61.8 Å². The van der Waals surface area contributed by atoms with Crippen LogP contribution in [0.1, 0.15) is 33.4 Å². The topological polar surface area (TPSA) is 0 Å². The van der Waals surface area contributed by atoms with Crippen molar-refractivity contribution in [1.82, 2.24) is 0 Å². The van der Waals surface area contributed by atoms with Crippen LogP contribution in [-0.2, 0) is 0 Å². The molecule has 0 nitrogen and oxygen atoms in total. The molecule has 0 saturated heterocycles. The van der Waals surface area contributed by atoms with Crippen LogP contribution < -0.4 is 0 Å². The Bertz CT molecular complexity index is 1150. The van der Waals surface area contributed by atoms with Crippen LogP contribution in [0.4, 0.5) is 0 Å². The van der Waals surface area contributed by atoms with E-state index in [-0.39, 0.29) is 0 Å². The van der Waals surface area contributed by atoms with Gasteiger partial charge in [0.15, 0.2) is 0 Å². The molecule has 0 amide bonds. The lowest BCUT2D eigenvalue weighted by Crippen LogP contribution is -1.91. The first-order chi connectivity index (χ1) is 13.7. The lowest BCUT2D eigenvalue weighted by molar-refractivity contribution is 1.43. The normalized spacial score (nSPS) is 9.93. The lowest BCUT2D eigenvalue weighted by atomic mass is 9.94. The molecule has 0 aliphatic rings. The van der Waals surface area contributed by atoms with Crippen LogP contribution in [0.2, 0.25) is 0 Å². The van der Waals surface area contributed by atoms with Crippen molar-refractivity contribution >= 4 is 10.8 Å². The Kier molecular flexibility index (Phi) is 4.97. The van der Waals surface area contributed by atoms with Crippen LogP contribution in [0.15, 0.2) is 84.9 Å². The molecular formula is C28H20. The van der Waals surface area contributed by atoms with Crippen LogP contribution in [0.5, 0.6) is 0 Å². The number of aryl methyl sites for hydroxylation is 2. The molecule has 0 N–H and O–H groups in total. The van der Waals surface area contributed by atoms with Crippen molar-refractivity contribution < 1.29 is 0 Å². The number of hydrogen-bond acceptors (Lipinski definition) is 0. The second-order valence-corrected chi connectivity index (χ2v) is 6.84. The molecule has 0 fully saturated rings. The molecule has 0 radical (unpaired) electrons. The zero-order chi connectivity index (χ0) is 19.3. The number of rotatable bonds is 0. The third-order valence-electron chi connectivity index (χ3n) is 4.83. The van der Waals surface area contributed by atoms with Crippen molar-refractivity contribution in [1.29, 1.82) is 0 Å². The van der Waals surface area contributed by atoms with Crippen LogP contribution >= 0.6 is 0 Å². The van der Waals surface area contributed by atoms with Crippen LogP contribution in [0.25, 0.3) is 10.8 Å². The van der Waals surface area contributed by atoms with Gasteiger partial charge in [-0.3, -0.25) is 0 Å². The molecule has 0 heterocycles. The molecule has 0 saturated carbocycles. The first kappa shape index (κ1) is 17.7. The molecule has 0 aliphatic heterocycles. The third-order valence-corrected chi connectivity index (χ3v) is 4.83. The number of benzene rings is 4. The van der Waals surface area contributed by atoms with Gasteiger partial charge in [-0.2, -0.15) is 0 Å². The number of fused-ring (bicyclic) bond motifs is 1. The molecule has 28 heavy (non-hydrogen) atoms. The predicted molar refractivity (Wildman–Crippen MR) is 118 cm³/mol.